The molecular weight excluding hydrogens is 267 g/mol. The molecule has 1 unspecified atom stereocenters. The summed E-state index contributed by atoms with van der Waals surface area (Å²) in [5.41, 5.74) is 2.19. The van der Waals surface area contributed by atoms with Crippen molar-refractivity contribution >= 4 is 0 Å². The molecular formula is C15H22F3NO. The third-order valence-electron chi connectivity index (χ3n) is 3.10. The van der Waals surface area contributed by atoms with E-state index in [2.05, 4.69) is 12.2 Å². The minimum Gasteiger partial charge on any atom is -0.370 e. The van der Waals surface area contributed by atoms with Crippen LogP contribution in [0.15, 0.2) is 24.3 Å². The first kappa shape index (κ1) is 17.0. The third kappa shape index (κ3) is 6.39. The van der Waals surface area contributed by atoms with E-state index >= 15 is 0 Å². The van der Waals surface area contributed by atoms with E-state index in [4.69, 9.17) is 4.74 Å². The molecule has 0 aliphatic carbocycles. The van der Waals surface area contributed by atoms with Crippen LogP contribution in [0.25, 0.3) is 0 Å². The number of alkyl halides is 3. The number of halogens is 3. The zero-order valence-corrected chi connectivity index (χ0v) is 12.0. The van der Waals surface area contributed by atoms with Gasteiger partial charge in [0.2, 0.25) is 0 Å². The van der Waals surface area contributed by atoms with Crippen LogP contribution in [0.1, 0.15) is 36.9 Å². The molecule has 0 aromatic heterocycles. The van der Waals surface area contributed by atoms with Gasteiger partial charge < -0.3 is 10.1 Å². The lowest BCUT2D eigenvalue weighted by molar-refractivity contribution is -0.175. The average Bonchev–Trinajstić information content (AvgIpc) is 2.41. The molecule has 20 heavy (non-hydrogen) atoms. The maximum Gasteiger partial charge on any atom is 0.411 e. The summed E-state index contributed by atoms with van der Waals surface area (Å²) in [6.45, 7) is 0.938. The molecule has 0 amide bonds. The van der Waals surface area contributed by atoms with E-state index < -0.39 is 12.8 Å². The van der Waals surface area contributed by atoms with Gasteiger partial charge in [0.1, 0.15) is 6.61 Å². The Bertz CT molecular complexity index is 376. The van der Waals surface area contributed by atoms with Crippen LogP contribution in [0.5, 0.6) is 0 Å². The fourth-order valence-corrected chi connectivity index (χ4v) is 1.94. The predicted octanol–water partition coefficient (Wildman–Crippen LogP) is 3.87. The van der Waals surface area contributed by atoms with Crippen molar-refractivity contribution in [2.45, 2.75) is 38.4 Å². The molecule has 0 aliphatic heterocycles. The van der Waals surface area contributed by atoms with E-state index in [0.29, 0.717) is 0 Å². The highest BCUT2D eigenvalue weighted by molar-refractivity contribution is 5.25. The van der Waals surface area contributed by atoms with Gasteiger partial charge in [-0.3, -0.25) is 0 Å². The second kappa shape index (κ2) is 8.27. The van der Waals surface area contributed by atoms with Crippen LogP contribution in [0.2, 0.25) is 0 Å². The Hall–Kier alpha value is -1.07. The predicted molar refractivity (Wildman–Crippen MR) is 73.7 cm³/mol. The van der Waals surface area contributed by atoms with Gasteiger partial charge in [0, 0.05) is 0 Å². The number of hydrogen-bond acceptors (Lipinski definition) is 2. The second-order valence-corrected chi connectivity index (χ2v) is 4.82. The molecule has 1 aromatic rings. The lowest BCUT2D eigenvalue weighted by Gasteiger charge is -2.18. The molecule has 5 heteroatoms. The van der Waals surface area contributed by atoms with Crippen molar-refractivity contribution in [3.05, 3.63) is 35.4 Å². The van der Waals surface area contributed by atoms with Crippen molar-refractivity contribution in [3.63, 3.8) is 0 Å². The number of rotatable bonds is 8. The van der Waals surface area contributed by atoms with Crippen LogP contribution < -0.4 is 5.32 Å². The molecule has 0 bridgehead atoms. The minimum atomic E-state index is -4.28. The van der Waals surface area contributed by atoms with Crippen molar-refractivity contribution in [1.29, 1.82) is 0 Å². The zero-order valence-electron chi connectivity index (χ0n) is 12.0. The number of aryl methyl sites for hydroxylation is 1. The molecule has 1 N–H and O–H groups in total. The summed E-state index contributed by atoms with van der Waals surface area (Å²) >= 11 is 0. The molecule has 2 nitrogen and oxygen atoms in total. The highest BCUT2D eigenvalue weighted by atomic mass is 19.4. The van der Waals surface area contributed by atoms with Crippen LogP contribution in [-0.4, -0.2) is 26.4 Å². The summed E-state index contributed by atoms with van der Waals surface area (Å²) in [5.74, 6) is 0. The van der Waals surface area contributed by atoms with E-state index in [-0.39, 0.29) is 12.6 Å². The normalized spacial score (nSPS) is 13.4. The average molecular weight is 289 g/mol. The maximum atomic E-state index is 12.0. The first-order valence-corrected chi connectivity index (χ1v) is 6.87. The fourth-order valence-electron chi connectivity index (χ4n) is 1.94. The Morgan fingerprint density at radius 3 is 2.35 bits per heavy atom. The molecule has 1 atom stereocenters. The van der Waals surface area contributed by atoms with Gasteiger partial charge in [-0.2, -0.15) is 13.2 Å². The first-order valence-electron chi connectivity index (χ1n) is 6.87. The number of unbranched alkanes of at least 4 members (excludes halogenated alkanes) is 1. The van der Waals surface area contributed by atoms with Crippen LogP contribution >= 0.6 is 0 Å². The van der Waals surface area contributed by atoms with Crippen molar-refractivity contribution in [1.82, 2.24) is 5.32 Å². The number of nitrogens with one attached hydrogen (secondary N) is 1. The van der Waals surface area contributed by atoms with Gasteiger partial charge in [0.25, 0.3) is 0 Å². The van der Waals surface area contributed by atoms with Crippen molar-refractivity contribution < 1.29 is 17.9 Å². The topological polar surface area (TPSA) is 21.3 Å². The van der Waals surface area contributed by atoms with Crippen molar-refractivity contribution in [2.75, 3.05) is 20.3 Å². The summed E-state index contributed by atoms with van der Waals surface area (Å²) in [6.07, 6.45) is -0.955. The summed E-state index contributed by atoms with van der Waals surface area (Å²) in [4.78, 5) is 0. The lowest BCUT2D eigenvalue weighted by Crippen LogP contribution is -2.25. The zero-order chi connectivity index (χ0) is 15.0. The van der Waals surface area contributed by atoms with Gasteiger partial charge in [0.05, 0.1) is 12.6 Å². The third-order valence-corrected chi connectivity index (χ3v) is 3.10. The molecule has 1 rings (SSSR count). The Kier molecular flexibility index (Phi) is 7.02. The van der Waals surface area contributed by atoms with E-state index in [1.807, 2.05) is 24.3 Å². The Morgan fingerprint density at radius 1 is 1.20 bits per heavy atom. The number of ether oxygens (including phenoxy) is 1. The Labute approximate surface area is 118 Å². The largest absolute Gasteiger partial charge is 0.411 e. The van der Waals surface area contributed by atoms with Crippen LogP contribution in [0.4, 0.5) is 13.2 Å². The Morgan fingerprint density at radius 2 is 1.85 bits per heavy atom. The molecule has 0 saturated heterocycles. The molecule has 0 aliphatic rings. The maximum absolute atomic E-state index is 12.0. The van der Waals surface area contributed by atoms with Gasteiger partial charge in [-0.25, -0.2) is 0 Å². The van der Waals surface area contributed by atoms with E-state index in [1.54, 1.807) is 7.05 Å². The first-order chi connectivity index (χ1) is 9.46. The van der Waals surface area contributed by atoms with Crippen LogP contribution in [-0.2, 0) is 11.2 Å². The molecule has 114 valence electrons. The molecule has 0 spiro atoms. The molecule has 1 aromatic carbocycles. The fraction of sp³-hybridized carbons (Fsp3) is 0.600. The molecule has 0 heterocycles. The van der Waals surface area contributed by atoms with Crippen LogP contribution in [0.3, 0.4) is 0 Å². The summed E-state index contributed by atoms with van der Waals surface area (Å²) < 4.78 is 40.8. The molecule has 0 radical (unpaired) electrons. The van der Waals surface area contributed by atoms with E-state index in [0.717, 1.165) is 24.8 Å². The van der Waals surface area contributed by atoms with Crippen LogP contribution in [0, 0.1) is 0 Å². The van der Waals surface area contributed by atoms with E-state index in [1.165, 1.54) is 5.56 Å². The van der Waals surface area contributed by atoms with Gasteiger partial charge in [-0.05, 0) is 31.0 Å². The monoisotopic (exact) mass is 289 g/mol. The smallest absolute Gasteiger partial charge is 0.370 e. The van der Waals surface area contributed by atoms with Gasteiger partial charge in [-0.1, -0.05) is 37.6 Å². The van der Waals surface area contributed by atoms with Gasteiger partial charge in [0.15, 0.2) is 0 Å². The number of hydrogen-bond donors (Lipinski definition) is 1. The van der Waals surface area contributed by atoms with Crippen molar-refractivity contribution in [3.8, 4) is 0 Å². The second-order valence-electron chi connectivity index (χ2n) is 4.82. The standard InChI is InChI=1S/C15H22F3NO/c1-3-4-5-12-6-8-13(9-7-12)14(19-2)10-20-11-15(16,17)18/h6-9,14,19H,3-5,10-11H2,1-2H3. The summed E-state index contributed by atoms with van der Waals surface area (Å²) in [5, 5.41) is 2.97. The minimum absolute atomic E-state index is 0.00428. The quantitative estimate of drug-likeness (QED) is 0.784. The van der Waals surface area contributed by atoms with Crippen molar-refractivity contribution in [2.24, 2.45) is 0 Å². The molecule has 0 fully saturated rings. The Balaban J connectivity index is 2.52. The summed E-state index contributed by atoms with van der Waals surface area (Å²) in [7, 11) is 1.71. The highest BCUT2D eigenvalue weighted by Gasteiger charge is 2.27. The van der Waals surface area contributed by atoms with Gasteiger partial charge >= 0.3 is 6.18 Å². The highest BCUT2D eigenvalue weighted by Crippen LogP contribution is 2.18. The van der Waals surface area contributed by atoms with Gasteiger partial charge in [-0.15, -0.1) is 0 Å². The molecule has 0 saturated carbocycles. The summed E-state index contributed by atoms with van der Waals surface area (Å²) in [6, 6.07) is 7.72. The lowest BCUT2D eigenvalue weighted by atomic mass is 10.0. The number of likely N-dealkylation sites (N-methyl/N-ethyl adjacent to an activating group) is 1. The van der Waals surface area contributed by atoms with E-state index in [9.17, 15) is 13.2 Å². The SMILES string of the molecule is CCCCc1ccc(C(COCC(F)(F)F)NC)cc1. The number of benzene rings is 1.